The van der Waals surface area contributed by atoms with Crippen LogP contribution < -0.4 is 4.74 Å². The minimum absolute atomic E-state index is 0.489. The monoisotopic (exact) mass is 280 g/mol. The third kappa shape index (κ3) is 2.16. The van der Waals surface area contributed by atoms with Crippen molar-refractivity contribution in [2.24, 2.45) is 0 Å². The number of aromatic nitrogens is 4. The van der Waals surface area contributed by atoms with Crippen molar-refractivity contribution >= 4 is 22.8 Å². The molecule has 0 atom stereocenters. The van der Waals surface area contributed by atoms with Crippen LogP contribution in [0.3, 0.4) is 0 Å². The van der Waals surface area contributed by atoms with E-state index in [9.17, 15) is 0 Å². The van der Waals surface area contributed by atoms with Gasteiger partial charge < -0.3 is 9.30 Å². The minimum Gasteiger partial charge on any atom is -0.479 e. The molecule has 0 amide bonds. The number of rotatable bonds is 4. The van der Waals surface area contributed by atoms with Crippen molar-refractivity contribution in [2.45, 2.75) is 38.1 Å². The number of alkyl halides is 1. The standard InChI is InChI=1S/C13H17ClN4O/c1-19-13-11-12(15-8-16-13)18(9-4-2-3-5-9)10(17-11)6-7-14/h8-9H,2-7H2,1H3. The van der Waals surface area contributed by atoms with Gasteiger partial charge in [-0.25, -0.2) is 9.97 Å². The van der Waals surface area contributed by atoms with E-state index in [1.54, 1.807) is 13.4 Å². The molecule has 0 saturated heterocycles. The number of halogens is 1. The fourth-order valence-electron chi connectivity index (χ4n) is 2.89. The van der Waals surface area contributed by atoms with E-state index in [2.05, 4.69) is 19.5 Å². The molecule has 1 aliphatic rings. The second kappa shape index (κ2) is 5.33. The Bertz CT molecular complexity index is 577. The summed E-state index contributed by atoms with van der Waals surface area (Å²) in [6, 6.07) is 0.489. The highest BCUT2D eigenvalue weighted by Gasteiger charge is 2.24. The van der Waals surface area contributed by atoms with E-state index in [1.165, 1.54) is 25.7 Å². The van der Waals surface area contributed by atoms with E-state index in [-0.39, 0.29) is 0 Å². The molecule has 0 N–H and O–H groups in total. The molecule has 6 heteroatoms. The van der Waals surface area contributed by atoms with E-state index in [4.69, 9.17) is 16.3 Å². The second-order valence-corrected chi connectivity index (χ2v) is 5.21. The molecule has 0 radical (unpaired) electrons. The van der Waals surface area contributed by atoms with Crippen molar-refractivity contribution < 1.29 is 4.74 Å². The van der Waals surface area contributed by atoms with Crippen LogP contribution in [0.2, 0.25) is 0 Å². The highest BCUT2D eigenvalue weighted by atomic mass is 35.5. The first-order valence-electron chi connectivity index (χ1n) is 6.67. The summed E-state index contributed by atoms with van der Waals surface area (Å²) in [5, 5.41) is 0. The third-order valence-electron chi connectivity index (χ3n) is 3.72. The van der Waals surface area contributed by atoms with Gasteiger partial charge in [-0.05, 0) is 12.8 Å². The van der Waals surface area contributed by atoms with Crippen molar-refractivity contribution in [1.82, 2.24) is 19.5 Å². The molecule has 5 nitrogen and oxygen atoms in total. The maximum atomic E-state index is 5.90. The molecule has 2 heterocycles. The van der Waals surface area contributed by atoms with E-state index >= 15 is 0 Å². The molecule has 19 heavy (non-hydrogen) atoms. The van der Waals surface area contributed by atoms with Crippen LogP contribution in [0.5, 0.6) is 5.88 Å². The fraction of sp³-hybridized carbons (Fsp3) is 0.615. The number of methoxy groups -OCH3 is 1. The average Bonchev–Trinajstić information content (AvgIpc) is 3.04. The lowest BCUT2D eigenvalue weighted by molar-refractivity contribution is 0.401. The number of nitrogens with zero attached hydrogens (tertiary/aromatic N) is 4. The summed E-state index contributed by atoms with van der Waals surface area (Å²) in [5.41, 5.74) is 1.62. The van der Waals surface area contributed by atoms with Crippen LogP contribution in [-0.4, -0.2) is 32.5 Å². The van der Waals surface area contributed by atoms with Gasteiger partial charge in [0, 0.05) is 18.3 Å². The van der Waals surface area contributed by atoms with Gasteiger partial charge in [-0.3, -0.25) is 0 Å². The Morgan fingerprint density at radius 2 is 2.16 bits per heavy atom. The van der Waals surface area contributed by atoms with Crippen LogP contribution >= 0.6 is 11.6 Å². The first-order chi connectivity index (χ1) is 9.35. The van der Waals surface area contributed by atoms with Gasteiger partial charge in [0.25, 0.3) is 0 Å². The van der Waals surface area contributed by atoms with Crippen molar-refractivity contribution in [2.75, 3.05) is 13.0 Å². The molecule has 102 valence electrons. The van der Waals surface area contributed by atoms with E-state index in [0.29, 0.717) is 17.8 Å². The van der Waals surface area contributed by atoms with Gasteiger partial charge in [0.2, 0.25) is 5.88 Å². The predicted octanol–water partition coefficient (Wildman–Crippen LogP) is 2.73. The molecule has 3 rings (SSSR count). The summed E-state index contributed by atoms with van der Waals surface area (Å²) in [4.78, 5) is 13.2. The lowest BCUT2D eigenvalue weighted by Gasteiger charge is -2.15. The molecule has 0 unspecified atom stereocenters. The normalized spacial score (nSPS) is 16.3. The first kappa shape index (κ1) is 12.7. The summed E-state index contributed by atoms with van der Waals surface area (Å²) < 4.78 is 7.52. The molecular formula is C13H17ClN4O. The zero-order chi connectivity index (χ0) is 13.2. The van der Waals surface area contributed by atoms with Gasteiger partial charge >= 0.3 is 0 Å². The Labute approximate surface area is 117 Å². The smallest absolute Gasteiger partial charge is 0.245 e. The largest absolute Gasteiger partial charge is 0.479 e. The highest BCUT2D eigenvalue weighted by molar-refractivity contribution is 6.17. The zero-order valence-corrected chi connectivity index (χ0v) is 11.7. The number of hydrogen-bond donors (Lipinski definition) is 0. The van der Waals surface area contributed by atoms with E-state index < -0.39 is 0 Å². The van der Waals surface area contributed by atoms with Gasteiger partial charge in [-0.1, -0.05) is 12.8 Å². The molecule has 1 fully saturated rings. The Morgan fingerprint density at radius 1 is 1.37 bits per heavy atom. The number of aryl methyl sites for hydroxylation is 1. The Balaban J connectivity index is 2.17. The minimum atomic E-state index is 0.489. The van der Waals surface area contributed by atoms with Crippen molar-refractivity contribution in [3.8, 4) is 5.88 Å². The number of imidazole rings is 1. The summed E-state index contributed by atoms with van der Waals surface area (Å²) >= 11 is 5.90. The van der Waals surface area contributed by atoms with Gasteiger partial charge in [-0.2, -0.15) is 4.98 Å². The van der Waals surface area contributed by atoms with Crippen molar-refractivity contribution in [3.63, 3.8) is 0 Å². The number of hydrogen-bond acceptors (Lipinski definition) is 4. The molecule has 2 aromatic rings. The molecule has 0 aromatic carbocycles. The van der Waals surface area contributed by atoms with Crippen LogP contribution in [-0.2, 0) is 6.42 Å². The van der Waals surface area contributed by atoms with Gasteiger partial charge in [0.15, 0.2) is 11.2 Å². The maximum Gasteiger partial charge on any atom is 0.245 e. The zero-order valence-electron chi connectivity index (χ0n) is 11.0. The Kier molecular flexibility index (Phi) is 3.55. The van der Waals surface area contributed by atoms with Crippen LogP contribution in [0.25, 0.3) is 11.2 Å². The molecule has 0 aliphatic heterocycles. The second-order valence-electron chi connectivity index (χ2n) is 4.83. The molecule has 0 bridgehead atoms. The number of ether oxygens (including phenoxy) is 1. The van der Waals surface area contributed by atoms with E-state index in [0.717, 1.165) is 23.4 Å². The predicted molar refractivity (Wildman–Crippen MR) is 73.8 cm³/mol. The Morgan fingerprint density at radius 3 is 2.84 bits per heavy atom. The van der Waals surface area contributed by atoms with Gasteiger partial charge in [0.1, 0.15) is 12.2 Å². The summed E-state index contributed by atoms with van der Waals surface area (Å²) in [7, 11) is 1.61. The summed E-state index contributed by atoms with van der Waals surface area (Å²) in [6.45, 7) is 0. The average molecular weight is 281 g/mol. The molecule has 2 aromatic heterocycles. The van der Waals surface area contributed by atoms with Crippen LogP contribution in [0.1, 0.15) is 37.5 Å². The maximum absolute atomic E-state index is 5.90. The SMILES string of the molecule is COc1ncnc2c1nc(CCCl)n2C1CCCC1. The van der Waals surface area contributed by atoms with Crippen LogP contribution in [0.15, 0.2) is 6.33 Å². The lowest BCUT2D eigenvalue weighted by Crippen LogP contribution is -2.10. The highest BCUT2D eigenvalue weighted by Crippen LogP contribution is 2.34. The van der Waals surface area contributed by atoms with Crippen LogP contribution in [0, 0.1) is 0 Å². The summed E-state index contributed by atoms with van der Waals surface area (Å²) in [6.07, 6.45) is 7.20. The molecular weight excluding hydrogens is 264 g/mol. The summed E-state index contributed by atoms with van der Waals surface area (Å²) in [5.74, 6) is 2.10. The van der Waals surface area contributed by atoms with Crippen molar-refractivity contribution in [1.29, 1.82) is 0 Å². The fourth-order valence-corrected chi connectivity index (χ4v) is 3.06. The third-order valence-corrected chi connectivity index (χ3v) is 3.91. The first-order valence-corrected chi connectivity index (χ1v) is 7.20. The van der Waals surface area contributed by atoms with Gasteiger partial charge in [-0.15, -0.1) is 11.6 Å². The van der Waals surface area contributed by atoms with Crippen molar-refractivity contribution in [3.05, 3.63) is 12.2 Å². The van der Waals surface area contributed by atoms with Gasteiger partial charge in [0.05, 0.1) is 7.11 Å². The van der Waals surface area contributed by atoms with E-state index in [1.807, 2.05) is 0 Å². The molecule has 1 aliphatic carbocycles. The topological polar surface area (TPSA) is 52.8 Å². The van der Waals surface area contributed by atoms with Crippen LogP contribution in [0.4, 0.5) is 0 Å². The lowest BCUT2D eigenvalue weighted by atomic mass is 10.2. The Hall–Kier alpha value is -1.36. The number of fused-ring (bicyclic) bond motifs is 1. The quantitative estimate of drug-likeness (QED) is 0.808. The molecule has 0 spiro atoms. The molecule has 1 saturated carbocycles.